The molecule has 1 aromatic rings. The van der Waals surface area contributed by atoms with Crippen molar-refractivity contribution in [2.45, 2.75) is 19.1 Å². The highest BCUT2D eigenvalue weighted by Gasteiger charge is 2.27. The van der Waals surface area contributed by atoms with E-state index in [0.29, 0.717) is 13.0 Å². The SMILES string of the molecule is O=CNCc1ccc(CC(F)(F)F)cc1. The molecule has 0 unspecified atom stereocenters. The van der Waals surface area contributed by atoms with Crippen LogP contribution in [0.4, 0.5) is 13.2 Å². The molecule has 0 saturated carbocycles. The quantitative estimate of drug-likeness (QED) is 0.768. The molecule has 0 aliphatic carbocycles. The van der Waals surface area contributed by atoms with Crippen LogP contribution in [-0.2, 0) is 17.8 Å². The van der Waals surface area contributed by atoms with Gasteiger partial charge in [-0.05, 0) is 11.1 Å². The van der Waals surface area contributed by atoms with Gasteiger partial charge < -0.3 is 5.32 Å². The smallest absolute Gasteiger partial charge is 0.355 e. The van der Waals surface area contributed by atoms with Gasteiger partial charge in [0.05, 0.1) is 6.42 Å². The Hall–Kier alpha value is -1.52. The molecule has 82 valence electrons. The molecule has 1 rings (SSSR count). The number of alkyl halides is 3. The molecule has 0 fully saturated rings. The largest absolute Gasteiger partial charge is 0.393 e. The molecule has 15 heavy (non-hydrogen) atoms. The zero-order valence-electron chi connectivity index (χ0n) is 7.84. The Labute approximate surface area is 85.1 Å². The molecule has 2 nitrogen and oxygen atoms in total. The van der Waals surface area contributed by atoms with Crippen molar-refractivity contribution in [1.29, 1.82) is 0 Å². The Morgan fingerprint density at radius 3 is 2.13 bits per heavy atom. The zero-order valence-corrected chi connectivity index (χ0v) is 7.84. The summed E-state index contributed by atoms with van der Waals surface area (Å²) in [5.41, 5.74) is 0.991. The van der Waals surface area contributed by atoms with Crippen LogP contribution in [0.2, 0.25) is 0 Å². The van der Waals surface area contributed by atoms with Gasteiger partial charge in [0.25, 0.3) is 0 Å². The number of nitrogens with one attached hydrogen (secondary N) is 1. The molecule has 1 N–H and O–H groups in total. The molecule has 0 radical (unpaired) electrons. The van der Waals surface area contributed by atoms with E-state index in [-0.39, 0.29) is 5.56 Å². The zero-order chi connectivity index (χ0) is 11.3. The van der Waals surface area contributed by atoms with E-state index in [4.69, 9.17) is 0 Å². The summed E-state index contributed by atoms with van der Waals surface area (Å²) in [4.78, 5) is 9.97. The lowest BCUT2D eigenvalue weighted by molar-refractivity contribution is -0.127. The monoisotopic (exact) mass is 217 g/mol. The van der Waals surface area contributed by atoms with E-state index in [9.17, 15) is 18.0 Å². The van der Waals surface area contributed by atoms with Crippen LogP contribution >= 0.6 is 0 Å². The summed E-state index contributed by atoms with van der Waals surface area (Å²) in [5.74, 6) is 0. The van der Waals surface area contributed by atoms with Crippen LogP contribution in [-0.4, -0.2) is 12.6 Å². The van der Waals surface area contributed by atoms with Crippen molar-refractivity contribution in [2.75, 3.05) is 0 Å². The van der Waals surface area contributed by atoms with Crippen LogP contribution in [0.1, 0.15) is 11.1 Å². The highest BCUT2D eigenvalue weighted by Crippen LogP contribution is 2.21. The molecule has 0 aliphatic heterocycles. The van der Waals surface area contributed by atoms with Gasteiger partial charge in [-0.1, -0.05) is 24.3 Å². The Bertz CT molecular complexity index is 318. The van der Waals surface area contributed by atoms with Gasteiger partial charge in [-0.2, -0.15) is 13.2 Å². The highest BCUT2D eigenvalue weighted by atomic mass is 19.4. The molecule has 0 heterocycles. The topological polar surface area (TPSA) is 29.1 Å². The third kappa shape index (κ3) is 4.49. The third-order valence-electron chi connectivity index (χ3n) is 1.82. The fourth-order valence-electron chi connectivity index (χ4n) is 1.17. The average molecular weight is 217 g/mol. The van der Waals surface area contributed by atoms with E-state index in [1.807, 2.05) is 0 Å². The molecule has 5 heteroatoms. The summed E-state index contributed by atoms with van der Waals surface area (Å²) >= 11 is 0. The van der Waals surface area contributed by atoms with E-state index in [0.717, 1.165) is 5.56 Å². The number of carbonyl (C=O) groups is 1. The number of benzene rings is 1. The molecule has 0 aromatic heterocycles. The second kappa shape index (κ2) is 4.82. The molecular formula is C10H10F3NO. The number of rotatable bonds is 4. The summed E-state index contributed by atoms with van der Waals surface area (Å²) in [7, 11) is 0. The van der Waals surface area contributed by atoms with Crippen molar-refractivity contribution < 1.29 is 18.0 Å². The van der Waals surface area contributed by atoms with E-state index >= 15 is 0 Å². The van der Waals surface area contributed by atoms with Gasteiger partial charge in [0.2, 0.25) is 6.41 Å². The third-order valence-corrected chi connectivity index (χ3v) is 1.82. The summed E-state index contributed by atoms with van der Waals surface area (Å²) in [6, 6.07) is 5.96. The number of carbonyl (C=O) groups excluding carboxylic acids is 1. The van der Waals surface area contributed by atoms with Gasteiger partial charge >= 0.3 is 6.18 Å². The first-order chi connectivity index (χ1) is 7.01. The number of amides is 1. The maximum absolute atomic E-state index is 12.0. The van der Waals surface area contributed by atoms with Gasteiger partial charge in [0.1, 0.15) is 0 Å². The van der Waals surface area contributed by atoms with Gasteiger partial charge in [0.15, 0.2) is 0 Å². The minimum atomic E-state index is -4.18. The van der Waals surface area contributed by atoms with Crippen molar-refractivity contribution in [3.63, 3.8) is 0 Å². The van der Waals surface area contributed by atoms with Gasteiger partial charge in [-0.25, -0.2) is 0 Å². The van der Waals surface area contributed by atoms with Gasteiger partial charge in [-0.15, -0.1) is 0 Å². The second-order valence-corrected chi connectivity index (χ2v) is 3.11. The summed E-state index contributed by atoms with van der Waals surface area (Å²) < 4.78 is 36.0. The number of halogens is 3. The first kappa shape index (κ1) is 11.6. The van der Waals surface area contributed by atoms with Crippen molar-refractivity contribution in [3.8, 4) is 0 Å². The summed E-state index contributed by atoms with van der Waals surface area (Å²) in [6.45, 7) is 0.329. The summed E-state index contributed by atoms with van der Waals surface area (Å²) in [5, 5.41) is 2.43. The Morgan fingerprint density at radius 1 is 1.13 bits per heavy atom. The second-order valence-electron chi connectivity index (χ2n) is 3.11. The number of hydrogen-bond acceptors (Lipinski definition) is 1. The fraction of sp³-hybridized carbons (Fsp3) is 0.300. The van der Waals surface area contributed by atoms with Crippen molar-refractivity contribution in [2.24, 2.45) is 0 Å². The lowest BCUT2D eigenvalue weighted by Crippen LogP contribution is -2.12. The first-order valence-corrected chi connectivity index (χ1v) is 4.33. The molecule has 1 aromatic carbocycles. The van der Waals surface area contributed by atoms with E-state index in [2.05, 4.69) is 5.32 Å². The highest BCUT2D eigenvalue weighted by molar-refractivity contribution is 5.46. The van der Waals surface area contributed by atoms with Crippen LogP contribution < -0.4 is 5.32 Å². The fourth-order valence-corrected chi connectivity index (χ4v) is 1.17. The van der Waals surface area contributed by atoms with Crippen LogP contribution in [0.3, 0.4) is 0 Å². The van der Waals surface area contributed by atoms with Crippen LogP contribution in [0, 0.1) is 0 Å². The Kier molecular flexibility index (Phi) is 3.71. The van der Waals surface area contributed by atoms with E-state index < -0.39 is 12.6 Å². The molecular weight excluding hydrogens is 207 g/mol. The molecule has 0 bridgehead atoms. The lowest BCUT2D eigenvalue weighted by atomic mass is 10.1. The normalized spacial score (nSPS) is 11.1. The molecule has 0 atom stereocenters. The van der Waals surface area contributed by atoms with Crippen molar-refractivity contribution in [3.05, 3.63) is 35.4 Å². The predicted molar refractivity (Wildman–Crippen MR) is 49.1 cm³/mol. The summed E-state index contributed by atoms with van der Waals surface area (Å²) in [6.07, 6.45) is -4.55. The Morgan fingerprint density at radius 2 is 1.67 bits per heavy atom. The predicted octanol–water partition coefficient (Wildman–Crippen LogP) is 2.04. The van der Waals surface area contributed by atoms with Crippen LogP contribution in [0.15, 0.2) is 24.3 Å². The van der Waals surface area contributed by atoms with Gasteiger partial charge in [0, 0.05) is 6.54 Å². The minimum absolute atomic E-state index is 0.220. The minimum Gasteiger partial charge on any atom is -0.355 e. The van der Waals surface area contributed by atoms with Crippen LogP contribution in [0.5, 0.6) is 0 Å². The van der Waals surface area contributed by atoms with Gasteiger partial charge in [-0.3, -0.25) is 4.79 Å². The molecule has 0 aliphatic rings. The van der Waals surface area contributed by atoms with Crippen molar-refractivity contribution >= 4 is 6.41 Å². The average Bonchev–Trinajstić information content (AvgIpc) is 2.14. The standard InChI is InChI=1S/C10H10F3NO/c11-10(12,13)5-8-1-3-9(4-2-8)6-14-7-15/h1-4,7H,5-6H2,(H,14,15). The van der Waals surface area contributed by atoms with Crippen LogP contribution in [0.25, 0.3) is 0 Å². The first-order valence-electron chi connectivity index (χ1n) is 4.33. The lowest BCUT2D eigenvalue weighted by Gasteiger charge is -2.06. The number of hydrogen-bond donors (Lipinski definition) is 1. The maximum atomic E-state index is 12.0. The molecule has 1 amide bonds. The van der Waals surface area contributed by atoms with E-state index in [1.165, 1.54) is 12.1 Å². The van der Waals surface area contributed by atoms with E-state index in [1.54, 1.807) is 12.1 Å². The van der Waals surface area contributed by atoms with Crippen molar-refractivity contribution in [1.82, 2.24) is 5.32 Å². The maximum Gasteiger partial charge on any atom is 0.393 e. The Balaban J connectivity index is 2.60. The molecule has 0 spiro atoms. The molecule has 0 saturated heterocycles.